The van der Waals surface area contributed by atoms with Crippen LogP contribution in [0.3, 0.4) is 0 Å². The third-order valence-electron chi connectivity index (χ3n) is 5.35. The highest BCUT2D eigenvalue weighted by atomic mass is 35.5. The number of aromatic nitrogens is 1. The predicted octanol–water partition coefficient (Wildman–Crippen LogP) is 5.54. The van der Waals surface area contributed by atoms with Gasteiger partial charge in [0.25, 0.3) is 11.8 Å². The maximum Gasteiger partial charge on any atom is 0.265 e. The average molecular weight is 456 g/mol. The molecule has 0 radical (unpaired) electrons. The van der Waals surface area contributed by atoms with Gasteiger partial charge in [0, 0.05) is 27.9 Å². The highest BCUT2D eigenvalue weighted by Crippen LogP contribution is 2.37. The fourth-order valence-electron chi connectivity index (χ4n) is 3.77. The summed E-state index contributed by atoms with van der Waals surface area (Å²) in [6, 6.07) is 23.2. The van der Waals surface area contributed by atoms with E-state index in [1.54, 1.807) is 55.6 Å². The van der Waals surface area contributed by atoms with Crippen LogP contribution in [-0.2, 0) is 4.79 Å². The minimum Gasteiger partial charge on any atom is -0.497 e. The molecule has 0 aliphatic carbocycles. The Morgan fingerprint density at radius 3 is 2.48 bits per heavy atom. The molecule has 2 heterocycles. The molecule has 5 rings (SSSR count). The van der Waals surface area contributed by atoms with E-state index >= 15 is 0 Å². The molecule has 4 aromatic rings. The van der Waals surface area contributed by atoms with Crippen molar-refractivity contribution < 1.29 is 14.3 Å². The van der Waals surface area contributed by atoms with Crippen molar-refractivity contribution in [2.45, 2.75) is 0 Å². The summed E-state index contributed by atoms with van der Waals surface area (Å²) < 4.78 is 5.15. The summed E-state index contributed by atoms with van der Waals surface area (Å²) >= 11 is 6.04. The van der Waals surface area contributed by atoms with Gasteiger partial charge in [-0.3, -0.25) is 14.5 Å². The molecule has 1 aliphatic heterocycles. The average Bonchev–Trinajstić information content (AvgIpc) is 3.09. The number of hydrogen-bond acceptors (Lipinski definition) is 4. The predicted molar refractivity (Wildman–Crippen MR) is 130 cm³/mol. The van der Waals surface area contributed by atoms with Gasteiger partial charge in [0.15, 0.2) is 0 Å². The largest absolute Gasteiger partial charge is 0.497 e. The first-order valence-corrected chi connectivity index (χ1v) is 10.6. The number of fused-ring (bicyclic) bond motifs is 2. The normalized spacial score (nSPS) is 13.9. The van der Waals surface area contributed by atoms with Gasteiger partial charge in [-0.1, -0.05) is 29.8 Å². The summed E-state index contributed by atoms with van der Waals surface area (Å²) in [5, 5.41) is 4.23. The highest BCUT2D eigenvalue weighted by Gasteiger charge is 2.35. The van der Waals surface area contributed by atoms with E-state index in [0.717, 1.165) is 10.9 Å². The van der Waals surface area contributed by atoms with Crippen LogP contribution in [0.5, 0.6) is 5.75 Å². The van der Waals surface area contributed by atoms with Crippen LogP contribution in [-0.4, -0.2) is 23.9 Å². The highest BCUT2D eigenvalue weighted by molar-refractivity contribution is 6.31. The van der Waals surface area contributed by atoms with E-state index in [9.17, 15) is 9.59 Å². The molecule has 1 aromatic heterocycles. The summed E-state index contributed by atoms with van der Waals surface area (Å²) in [4.78, 5) is 32.5. The van der Waals surface area contributed by atoms with Crippen LogP contribution in [0.25, 0.3) is 16.6 Å². The number of nitrogens with one attached hydrogen (secondary N) is 1. The summed E-state index contributed by atoms with van der Waals surface area (Å²) in [6.07, 6.45) is 1.39. The van der Waals surface area contributed by atoms with Crippen molar-refractivity contribution in [1.29, 1.82) is 0 Å². The quantitative estimate of drug-likeness (QED) is 0.410. The number of pyridine rings is 1. The van der Waals surface area contributed by atoms with Gasteiger partial charge in [-0.25, -0.2) is 4.98 Å². The number of carbonyl (C=O) groups excluding carboxylic acids is 2. The number of para-hydroxylation sites is 1. The van der Waals surface area contributed by atoms with E-state index < -0.39 is 0 Å². The number of benzene rings is 3. The number of carbonyl (C=O) groups is 2. The van der Waals surface area contributed by atoms with E-state index in [2.05, 4.69) is 5.32 Å². The van der Waals surface area contributed by atoms with Gasteiger partial charge >= 0.3 is 0 Å². The number of hydrogen-bond donors (Lipinski definition) is 1. The first kappa shape index (κ1) is 20.7. The molecule has 0 bridgehead atoms. The standard InChI is InChI=1S/C26H18ClN3O3/c1-33-20-12-8-18(9-13-20)28-24(31)15-23-25-21(14-16-4-2-3-5-22(16)29-25)26(32)30(23)19-10-6-17(27)7-11-19/h2-15H,1H3,(H,28,31)/b23-15+. The fraction of sp³-hybridized carbons (Fsp3) is 0.0385. The number of amides is 2. The van der Waals surface area contributed by atoms with E-state index in [-0.39, 0.29) is 11.8 Å². The molecular formula is C26H18ClN3O3. The minimum absolute atomic E-state index is 0.255. The van der Waals surface area contributed by atoms with Gasteiger partial charge in [0.2, 0.25) is 0 Å². The monoisotopic (exact) mass is 455 g/mol. The molecule has 33 heavy (non-hydrogen) atoms. The molecule has 0 atom stereocenters. The first-order chi connectivity index (χ1) is 16.0. The topological polar surface area (TPSA) is 71.5 Å². The number of methoxy groups -OCH3 is 1. The number of anilines is 2. The molecule has 3 aromatic carbocycles. The van der Waals surface area contributed by atoms with Gasteiger partial charge in [0.1, 0.15) is 11.4 Å². The fourth-order valence-corrected chi connectivity index (χ4v) is 3.89. The maximum absolute atomic E-state index is 13.4. The molecule has 1 N–H and O–H groups in total. The Bertz CT molecular complexity index is 1410. The molecule has 0 unspecified atom stereocenters. The number of halogens is 1. The van der Waals surface area contributed by atoms with Crippen LogP contribution in [0.15, 0.2) is 84.9 Å². The molecule has 0 fully saturated rings. The van der Waals surface area contributed by atoms with Crippen molar-refractivity contribution >= 4 is 51.4 Å². The molecule has 2 amide bonds. The zero-order valence-electron chi connectivity index (χ0n) is 17.6. The zero-order valence-corrected chi connectivity index (χ0v) is 18.3. The second kappa shape index (κ2) is 8.41. The van der Waals surface area contributed by atoms with Crippen molar-refractivity contribution in [3.05, 3.63) is 101 Å². The minimum atomic E-state index is -0.385. The number of nitrogens with zero attached hydrogens (tertiary/aromatic N) is 2. The second-order valence-corrected chi connectivity index (χ2v) is 7.88. The molecule has 0 saturated heterocycles. The van der Waals surface area contributed by atoms with Gasteiger partial charge < -0.3 is 10.1 Å². The van der Waals surface area contributed by atoms with Crippen LogP contribution < -0.4 is 15.0 Å². The van der Waals surface area contributed by atoms with Gasteiger partial charge in [-0.2, -0.15) is 0 Å². The van der Waals surface area contributed by atoms with Crippen molar-refractivity contribution in [2.24, 2.45) is 0 Å². The van der Waals surface area contributed by atoms with Crippen molar-refractivity contribution in [3.63, 3.8) is 0 Å². The Morgan fingerprint density at radius 2 is 1.76 bits per heavy atom. The summed E-state index contributed by atoms with van der Waals surface area (Å²) in [7, 11) is 1.58. The van der Waals surface area contributed by atoms with Crippen molar-refractivity contribution in [2.75, 3.05) is 17.3 Å². The Kier molecular flexibility index (Phi) is 5.28. The first-order valence-electron chi connectivity index (χ1n) is 10.2. The van der Waals surface area contributed by atoms with Crippen molar-refractivity contribution in [3.8, 4) is 5.75 Å². The molecule has 0 spiro atoms. The number of ether oxygens (including phenoxy) is 1. The van der Waals surface area contributed by atoms with Crippen LogP contribution in [0.4, 0.5) is 11.4 Å². The van der Waals surface area contributed by atoms with E-state index in [0.29, 0.717) is 39.1 Å². The number of rotatable bonds is 4. The van der Waals surface area contributed by atoms with Crippen LogP contribution in [0, 0.1) is 0 Å². The molecule has 6 nitrogen and oxygen atoms in total. The molecule has 1 aliphatic rings. The van der Waals surface area contributed by atoms with Crippen molar-refractivity contribution in [1.82, 2.24) is 4.98 Å². The molecule has 7 heteroatoms. The smallest absolute Gasteiger partial charge is 0.265 e. The lowest BCUT2D eigenvalue weighted by molar-refractivity contribution is -0.111. The van der Waals surface area contributed by atoms with E-state index in [1.807, 2.05) is 30.3 Å². The molecule has 0 saturated carbocycles. The summed E-state index contributed by atoms with van der Waals surface area (Å²) in [5.41, 5.74) is 3.23. The lowest BCUT2D eigenvalue weighted by Gasteiger charge is -2.18. The van der Waals surface area contributed by atoms with Crippen LogP contribution >= 0.6 is 11.6 Å². The zero-order chi connectivity index (χ0) is 22.9. The molecule has 162 valence electrons. The Hall–Kier alpha value is -4.16. The van der Waals surface area contributed by atoms with E-state index in [4.69, 9.17) is 21.3 Å². The Balaban J connectivity index is 1.59. The second-order valence-electron chi connectivity index (χ2n) is 7.44. The SMILES string of the molecule is COc1ccc(NC(=O)/C=C2\c3nc4ccccc4cc3C(=O)N2c2ccc(Cl)cc2)cc1. The van der Waals surface area contributed by atoms with Crippen LogP contribution in [0.2, 0.25) is 5.02 Å². The summed E-state index contributed by atoms with van der Waals surface area (Å²) in [6.45, 7) is 0. The molecular weight excluding hydrogens is 438 g/mol. The maximum atomic E-state index is 13.4. The Labute approximate surface area is 195 Å². The summed E-state index contributed by atoms with van der Waals surface area (Å²) in [5.74, 6) is 0.0467. The van der Waals surface area contributed by atoms with Gasteiger partial charge in [-0.05, 0) is 60.7 Å². The third-order valence-corrected chi connectivity index (χ3v) is 5.60. The third kappa shape index (κ3) is 3.92. The van der Waals surface area contributed by atoms with E-state index in [1.165, 1.54) is 11.0 Å². The van der Waals surface area contributed by atoms with Crippen LogP contribution in [0.1, 0.15) is 16.1 Å². The Morgan fingerprint density at radius 1 is 1.03 bits per heavy atom. The lowest BCUT2D eigenvalue weighted by Crippen LogP contribution is -2.23. The lowest BCUT2D eigenvalue weighted by atomic mass is 10.1. The van der Waals surface area contributed by atoms with Gasteiger partial charge in [-0.15, -0.1) is 0 Å². The van der Waals surface area contributed by atoms with Gasteiger partial charge in [0.05, 0.1) is 23.9 Å².